The average molecular weight is 414 g/mol. The largest absolute Gasteiger partial charge is 0.383 e. The SMILES string of the molecule is COCCN(C[C@@H]1CN(Cc2ccccn2)C[C@H]1c1cccc(F)c1)C(=O)C(C)C. The molecule has 0 radical (unpaired) electrons. The van der Waals surface area contributed by atoms with Crippen molar-refractivity contribution in [3.63, 3.8) is 0 Å². The molecule has 0 aliphatic carbocycles. The van der Waals surface area contributed by atoms with E-state index in [1.54, 1.807) is 25.4 Å². The van der Waals surface area contributed by atoms with Gasteiger partial charge in [-0.3, -0.25) is 14.7 Å². The van der Waals surface area contributed by atoms with Crippen molar-refractivity contribution in [2.45, 2.75) is 26.3 Å². The molecule has 1 saturated heterocycles. The Morgan fingerprint density at radius 1 is 1.27 bits per heavy atom. The van der Waals surface area contributed by atoms with Gasteiger partial charge in [0.15, 0.2) is 0 Å². The van der Waals surface area contributed by atoms with Gasteiger partial charge in [-0.15, -0.1) is 0 Å². The van der Waals surface area contributed by atoms with Crippen LogP contribution in [-0.2, 0) is 16.1 Å². The van der Waals surface area contributed by atoms with E-state index in [9.17, 15) is 9.18 Å². The van der Waals surface area contributed by atoms with Gasteiger partial charge in [0.2, 0.25) is 5.91 Å². The van der Waals surface area contributed by atoms with Crippen molar-refractivity contribution in [1.82, 2.24) is 14.8 Å². The monoisotopic (exact) mass is 413 g/mol. The van der Waals surface area contributed by atoms with Crippen LogP contribution < -0.4 is 0 Å². The molecule has 5 nitrogen and oxygen atoms in total. The molecule has 1 aliphatic rings. The van der Waals surface area contributed by atoms with Gasteiger partial charge in [-0.1, -0.05) is 32.0 Å². The van der Waals surface area contributed by atoms with Crippen LogP contribution in [0.5, 0.6) is 0 Å². The number of carbonyl (C=O) groups is 1. The van der Waals surface area contributed by atoms with Crippen molar-refractivity contribution < 1.29 is 13.9 Å². The molecule has 0 bridgehead atoms. The summed E-state index contributed by atoms with van der Waals surface area (Å²) >= 11 is 0. The number of pyridine rings is 1. The van der Waals surface area contributed by atoms with E-state index >= 15 is 0 Å². The Hall–Kier alpha value is -2.31. The molecule has 2 heterocycles. The van der Waals surface area contributed by atoms with Gasteiger partial charge in [-0.05, 0) is 35.7 Å². The summed E-state index contributed by atoms with van der Waals surface area (Å²) in [4.78, 5) is 21.5. The smallest absolute Gasteiger partial charge is 0.225 e. The van der Waals surface area contributed by atoms with E-state index in [1.165, 1.54) is 6.07 Å². The first-order valence-electron chi connectivity index (χ1n) is 10.6. The fourth-order valence-electron chi connectivity index (χ4n) is 4.25. The van der Waals surface area contributed by atoms with Gasteiger partial charge in [0.25, 0.3) is 0 Å². The Balaban J connectivity index is 1.80. The van der Waals surface area contributed by atoms with Crippen molar-refractivity contribution in [3.05, 3.63) is 65.7 Å². The van der Waals surface area contributed by atoms with Gasteiger partial charge >= 0.3 is 0 Å². The molecular formula is C24H32FN3O2. The molecule has 162 valence electrons. The van der Waals surface area contributed by atoms with E-state index in [4.69, 9.17) is 4.74 Å². The fourth-order valence-corrected chi connectivity index (χ4v) is 4.25. The summed E-state index contributed by atoms with van der Waals surface area (Å²) in [6, 6.07) is 12.8. The summed E-state index contributed by atoms with van der Waals surface area (Å²) in [6.07, 6.45) is 1.81. The third-order valence-electron chi connectivity index (χ3n) is 5.73. The van der Waals surface area contributed by atoms with Crippen LogP contribution in [0.15, 0.2) is 48.7 Å². The summed E-state index contributed by atoms with van der Waals surface area (Å²) in [5, 5.41) is 0. The summed E-state index contributed by atoms with van der Waals surface area (Å²) in [6.45, 7) is 7.97. The number of amides is 1. The number of likely N-dealkylation sites (tertiary alicyclic amines) is 1. The predicted octanol–water partition coefficient (Wildman–Crippen LogP) is 3.57. The van der Waals surface area contributed by atoms with Crippen molar-refractivity contribution >= 4 is 5.91 Å². The first kappa shape index (κ1) is 22.4. The van der Waals surface area contributed by atoms with Gasteiger partial charge in [-0.25, -0.2) is 4.39 Å². The predicted molar refractivity (Wildman–Crippen MR) is 115 cm³/mol. The highest BCUT2D eigenvalue weighted by atomic mass is 19.1. The topological polar surface area (TPSA) is 45.7 Å². The molecule has 1 aromatic heterocycles. The molecule has 1 amide bonds. The highest BCUT2D eigenvalue weighted by Crippen LogP contribution is 2.34. The Morgan fingerprint density at radius 3 is 2.77 bits per heavy atom. The molecule has 1 aromatic carbocycles. The zero-order valence-corrected chi connectivity index (χ0v) is 18.1. The van der Waals surface area contributed by atoms with Crippen LogP contribution in [0.3, 0.4) is 0 Å². The van der Waals surface area contributed by atoms with E-state index in [0.29, 0.717) is 19.7 Å². The minimum atomic E-state index is -0.219. The molecule has 30 heavy (non-hydrogen) atoms. The molecule has 2 atom stereocenters. The van der Waals surface area contributed by atoms with Crippen molar-refractivity contribution in [2.24, 2.45) is 11.8 Å². The lowest BCUT2D eigenvalue weighted by molar-refractivity contribution is -0.135. The van der Waals surface area contributed by atoms with Crippen LogP contribution in [0.1, 0.15) is 31.0 Å². The molecule has 1 fully saturated rings. The van der Waals surface area contributed by atoms with Gasteiger partial charge < -0.3 is 9.64 Å². The Kier molecular flexibility index (Phi) is 7.94. The number of carbonyl (C=O) groups excluding carboxylic acids is 1. The van der Waals surface area contributed by atoms with Crippen LogP contribution in [0.4, 0.5) is 4.39 Å². The van der Waals surface area contributed by atoms with Crippen LogP contribution in [0, 0.1) is 17.7 Å². The second kappa shape index (κ2) is 10.6. The van der Waals surface area contributed by atoms with Gasteiger partial charge in [0, 0.05) is 57.9 Å². The number of aromatic nitrogens is 1. The third kappa shape index (κ3) is 5.86. The lowest BCUT2D eigenvalue weighted by atomic mass is 9.88. The number of ether oxygens (including phenoxy) is 1. The standard InChI is InChI=1S/C24H32FN3O2/c1-18(2)24(29)28(11-12-30-3)15-20-14-27(16-22-9-4-5-10-26-22)17-23(20)19-7-6-8-21(25)13-19/h4-10,13,18,20,23H,11-12,14-17H2,1-3H3/t20-,23-/m0/s1. The number of rotatable bonds is 9. The Labute approximate surface area is 178 Å². The maximum absolute atomic E-state index is 14.0. The van der Waals surface area contributed by atoms with E-state index < -0.39 is 0 Å². The maximum atomic E-state index is 14.0. The molecule has 0 spiro atoms. The molecule has 1 aliphatic heterocycles. The van der Waals surface area contributed by atoms with Crippen LogP contribution >= 0.6 is 0 Å². The first-order valence-corrected chi connectivity index (χ1v) is 10.6. The van der Waals surface area contributed by atoms with Gasteiger partial charge in [-0.2, -0.15) is 0 Å². The number of hydrogen-bond donors (Lipinski definition) is 0. The first-order chi connectivity index (χ1) is 14.5. The zero-order valence-electron chi connectivity index (χ0n) is 18.1. The van der Waals surface area contributed by atoms with Crippen molar-refractivity contribution in [2.75, 3.05) is 39.9 Å². The highest BCUT2D eigenvalue weighted by molar-refractivity contribution is 5.78. The summed E-state index contributed by atoms with van der Waals surface area (Å²) in [5.74, 6) is 0.224. The quantitative estimate of drug-likeness (QED) is 0.631. The van der Waals surface area contributed by atoms with Crippen LogP contribution in [0.2, 0.25) is 0 Å². The average Bonchev–Trinajstić information content (AvgIpc) is 3.13. The number of methoxy groups -OCH3 is 1. The Morgan fingerprint density at radius 2 is 2.10 bits per heavy atom. The lowest BCUT2D eigenvalue weighted by Gasteiger charge is -2.29. The van der Waals surface area contributed by atoms with Crippen LogP contribution in [0.25, 0.3) is 0 Å². The number of nitrogens with zero attached hydrogens (tertiary/aromatic N) is 3. The van der Waals surface area contributed by atoms with E-state index in [2.05, 4.69) is 9.88 Å². The van der Waals surface area contributed by atoms with Crippen molar-refractivity contribution in [3.8, 4) is 0 Å². The molecule has 3 rings (SSSR count). The molecule has 0 saturated carbocycles. The van der Waals surface area contributed by atoms with Gasteiger partial charge in [0.05, 0.1) is 12.3 Å². The Bertz CT molecular complexity index is 815. The van der Waals surface area contributed by atoms with E-state index in [0.717, 1.165) is 30.9 Å². The molecule has 2 aromatic rings. The lowest BCUT2D eigenvalue weighted by Crippen LogP contribution is -2.41. The summed E-state index contributed by atoms with van der Waals surface area (Å²) in [5.41, 5.74) is 2.01. The summed E-state index contributed by atoms with van der Waals surface area (Å²) in [7, 11) is 1.65. The van der Waals surface area contributed by atoms with Crippen molar-refractivity contribution in [1.29, 1.82) is 0 Å². The molecule has 0 N–H and O–H groups in total. The van der Waals surface area contributed by atoms with Gasteiger partial charge in [0.1, 0.15) is 5.82 Å². The second-order valence-electron chi connectivity index (χ2n) is 8.37. The normalized spacial score (nSPS) is 19.4. The molecule has 6 heteroatoms. The van der Waals surface area contributed by atoms with E-state index in [-0.39, 0.29) is 29.5 Å². The minimum Gasteiger partial charge on any atom is -0.383 e. The number of benzene rings is 1. The number of halogens is 1. The molecular weight excluding hydrogens is 381 g/mol. The highest BCUT2D eigenvalue weighted by Gasteiger charge is 2.36. The summed E-state index contributed by atoms with van der Waals surface area (Å²) < 4.78 is 19.2. The van der Waals surface area contributed by atoms with E-state index in [1.807, 2.05) is 43.0 Å². The minimum absolute atomic E-state index is 0.0690. The fraction of sp³-hybridized carbons (Fsp3) is 0.500. The second-order valence-corrected chi connectivity index (χ2v) is 8.37. The van der Waals surface area contributed by atoms with Crippen LogP contribution in [-0.4, -0.2) is 60.6 Å². The molecule has 0 unspecified atom stereocenters. The zero-order chi connectivity index (χ0) is 21.5. The number of hydrogen-bond acceptors (Lipinski definition) is 4. The maximum Gasteiger partial charge on any atom is 0.225 e. The third-order valence-corrected chi connectivity index (χ3v) is 5.73.